The molecule has 0 saturated carbocycles. The Morgan fingerprint density at radius 1 is 1.45 bits per heavy atom. The van der Waals surface area contributed by atoms with Crippen LogP contribution in [-0.4, -0.2) is 66.4 Å². The van der Waals surface area contributed by atoms with Crippen molar-refractivity contribution in [3.63, 3.8) is 0 Å². The molecular formula is C14H26N4O2. The third-order valence-electron chi connectivity index (χ3n) is 3.97. The lowest BCUT2D eigenvalue weighted by Crippen LogP contribution is -2.49. The van der Waals surface area contributed by atoms with Gasteiger partial charge in [0.15, 0.2) is 5.82 Å². The predicted octanol–water partition coefficient (Wildman–Crippen LogP) is 1.48. The molecule has 1 saturated heterocycles. The van der Waals surface area contributed by atoms with Crippen LogP contribution in [0.5, 0.6) is 0 Å². The summed E-state index contributed by atoms with van der Waals surface area (Å²) in [5, 5.41) is 3.90. The summed E-state index contributed by atoms with van der Waals surface area (Å²) in [6.45, 7) is 8.01. The van der Waals surface area contributed by atoms with Gasteiger partial charge in [0, 0.05) is 33.3 Å². The Kier molecular flexibility index (Phi) is 5.51. The molecule has 0 amide bonds. The van der Waals surface area contributed by atoms with Crippen molar-refractivity contribution in [2.24, 2.45) is 0 Å². The van der Waals surface area contributed by atoms with E-state index in [2.05, 4.69) is 33.9 Å². The van der Waals surface area contributed by atoms with Crippen LogP contribution in [0.2, 0.25) is 0 Å². The van der Waals surface area contributed by atoms with E-state index >= 15 is 0 Å². The SMILES string of the molecule is CCC[C@@H](CN1CCN(C)[C@@H](c2nc(C)no2)C1)OC. The summed E-state index contributed by atoms with van der Waals surface area (Å²) >= 11 is 0. The van der Waals surface area contributed by atoms with Crippen molar-refractivity contribution in [1.82, 2.24) is 19.9 Å². The maximum Gasteiger partial charge on any atom is 0.245 e. The van der Waals surface area contributed by atoms with Gasteiger partial charge in [0.25, 0.3) is 0 Å². The van der Waals surface area contributed by atoms with Gasteiger partial charge in [-0.2, -0.15) is 4.98 Å². The van der Waals surface area contributed by atoms with Crippen molar-refractivity contribution >= 4 is 0 Å². The number of methoxy groups -OCH3 is 1. The second-order valence-electron chi connectivity index (χ2n) is 5.58. The molecule has 20 heavy (non-hydrogen) atoms. The first kappa shape index (κ1) is 15.4. The molecule has 1 aliphatic heterocycles. The van der Waals surface area contributed by atoms with Gasteiger partial charge in [-0.1, -0.05) is 18.5 Å². The first-order valence-corrected chi connectivity index (χ1v) is 7.39. The number of aryl methyl sites for hydroxylation is 1. The summed E-state index contributed by atoms with van der Waals surface area (Å²) in [5.74, 6) is 1.42. The first-order chi connectivity index (χ1) is 9.63. The molecule has 1 fully saturated rings. The fraction of sp³-hybridized carbons (Fsp3) is 0.857. The van der Waals surface area contributed by atoms with E-state index in [9.17, 15) is 0 Å². The Hall–Kier alpha value is -0.980. The van der Waals surface area contributed by atoms with E-state index in [4.69, 9.17) is 9.26 Å². The van der Waals surface area contributed by atoms with Gasteiger partial charge >= 0.3 is 0 Å². The molecule has 0 N–H and O–H groups in total. The summed E-state index contributed by atoms with van der Waals surface area (Å²) in [6, 6.07) is 0.184. The van der Waals surface area contributed by atoms with Crippen LogP contribution in [0.25, 0.3) is 0 Å². The topological polar surface area (TPSA) is 54.6 Å². The van der Waals surface area contributed by atoms with E-state index in [1.807, 2.05) is 6.92 Å². The fourth-order valence-corrected chi connectivity index (χ4v) is 2.70. The van der Waals surface area contributed by atoms with Gasteiger partial charge in [0.2, 0.25) is 5.89 Å². The van der Waals surface area contributed by atoms with E-state index < -0.39 is 0 Å². The largest absolute Gasteiger partial charge is 0.380 e. The molecule has 1 aliphatic rings. The zero-order chi connectivity index (χ0) is 14.5. The lowest BCUT2D eigenvalue weighted by atomic mass is 10.1. The highest BCUT2D eigenvalue weighted by molar-refractivity contribution is 4.96. The first-order valence-electron chi connectivity index (χ1n) is 7.39. The van der Waals surface area contributed by atoms with Crippen molar-refractivity contribution in [3.05, 3.63) is 11.7 Å². The number of ether oxygens (including phenoxy) is 1. The van der Waals surface area contributed by atoms with Gasteiger partial charge in [-0.15, -0.1) is 0 Å². The summed E-state index contributed by atoms with van der Waals surface area (Å²) in [4.78, 5) is 9.10. The molecule has 0 bridgehead atoms. The number of hydrogen-bond donors (Lipinski definition) is 0. The van der Waals surface area contributed by atoms with Crippen molar-refractivity contribution in [3.8, 4) is 0 Å². The van der Waals surface area contributed by atoms with Gasteiger partial charge in [0.1, 0.15) is 6.04 Å². The van der Waals surface area contributed by atoms with Crippen LogP contribution in [-0.2, 0) is 4.74 Å². The van der Waals surface area contributed by atoms with E-state index in [0.29, 0.717) is 11.9 Å². The molecule has 0 spiro atoms. The maximum atomic E-state index is 5.56. The molecule has 2 rings (SSSR count). The number of nitrogens with zero attached hydrogens (tertiary/aromatic N) is 4. The molecule has 6 nitrogen and oxygen atoms in total. The third-order valence-corrected chi connectivity index (χ3v) is 3.97. The van der Waals surface area contributed by atoms with Crippen molar-refractivity contribution in [1.29, 1.82) is 0 Å². The Morgan fingerprint density at radius 3 is 2.85 bits per heavy atom. The minimum absolute atomic E-state index is 0.184. The van der Waals surface area contributed by atoms with Gasteiger partial charge < -0.3 is 9.26 Å². The molecule has 114 valence electrons. The van der Waals surface area contributed by atoms with Gasteiger partial charge in [-0.3, -0.25) is 9.80 Å². The van der Waals surface area contributed by atoms with Gasteiger partial charge in [-0.25, -0.2) is 0 Å². The Labute approximate surface area is 121 Å². The number of rotatable bonds is 6. The number of aromatic nitrogens is 2. The zero-order valence-electron chi connectivity index (χ0n) is 13.0. The minimum atomic E-state index is 0.184. The molecule has 0 radical (unpaired) electrons. The van der Waals surface area contributed by atoms with E-state index in [0.717, 1.165) is 44.9 Å². The lowest BCUT2D eigenvalue weighted by Gasteiger charge is -2.38. The molecule has 1 aromatic rings. The molecular weight excluding hydrogens is 256 g/mol. The second kappa shape index (κ2) is 7.15. The molecule has 6 heteroatoms. The lowest BCUT2D eigenvalue weighted by molar-refractivity contribution is 0.0184. The Morgan fingerprint density at radius 2 is 2.25 bits per heavy atom. The smallest absolute Gasteiger partial charge is 0.245 e. The number of hydrogen-bond acceptors (Lipinski definition) is 6. The normalized spacial score (nSPS) is 23.1. The van der Waals surface area contributed by atoms with Crippen LogP contribution < -0.4 is 0 Å². The molecule has 1 aromatic heterocycles. The van der Waals surface area contributed by atoms with Crippen molar-refractivity contribution in [2.45, 2.75) is 38.8 Å². The summed E-state index contributed by atoms with van der Waals surface area (Å²) < 4.78 is 10.9. The van der Waals surface area contributed by atoms with Crippen molar-refractivity contribution in [2.75, 3.05) is 40.3 Å². The van der Waals surface area contributed by atoms with E-state index in [1.165, 1.54) is 0 Å². The summed E-state index contributed by atoms with van der Waals surface area (Å²) in [7, 11) is 3.91. The fourth-order valence-electron chi connectivity index (χ4n) is 2.70. The third kappa shape index (κ3) is 3.77. The molecule has 2 atom stereocenters. The van der Waals surface area contributed by atoms with Gasteiger partial charge in [0.05, 0.1) is 6.10 Å². The molecule has 0 unspecified atom stereocenters. The summed E-state index contributed by atoms with van der Waals surface area (Å²) in [5.41, 5.74) is 0. The predicted molar refractivity (Wildman–Crippen MR) is 76.6 cm³/mol. The number of piperazine rings is 1. The number of likely N-dealkylation sites (N-methyl/N-ethyl adjacent to an activating group) is 1. The molecule has 0 aromatic carbocycles. The van der Waals surface area contributed by atoms with Crippen LogP contribution in [0.15, 0.2) is 4.52 Å². The van der Waals surface area contributed by atoms with Crippen LogP contribution >= 0.6 is 0 Å². The summed E-state index contributed by atoms with van der Waals surface area (Å²) in [6.07, 6.45) is 2.57. The second-order valence-corrected chi connectivity index (χ2v) is 5.58. The molecule has 2 heterocycles. The highest BCUT2D eigenvalue weighted by Crippen LogP contribution is 2.23. The highest BCUT2D eigenvalue weighted by Gasteiger charge is 2.30. The minimum Gasteiger partial charge on any atom is -0.380 e. The van der Waals surface area contributed by atoms with Crippen LogP contribution in [0.1, 0.15) is 37.5 Å². The Balaban J connectivity index is 1.97. The monoisotopic (exact) mass is 282 g/mol. The Bertz CT molecular complexity index is 410. The van der Waals surface area contributed by atoms with E-state index in [-0.39, 0.29) is 6.04 Å². The molecule has 0 aliphatic carbocycles. The standard InChI is InChI=1S/C14H26N4O2/c1-5-6-12(19-4)9-18-8-7-17(3)13(10-18)14-15-11(2)16-20-14/h12-13H,5-10H2,1-4H3/t12-,13+/m0/s1. The van der Waals surface area contributed by atoms with E-state index in [1.54, 1.807) is 7.11 Å². The quantitative estimate of drug-likeness (QED) is 0.788. The van der Waals surface area contributed by atoms with Gasteiger partial charge in [-0.05, 0) is 20.4 Å². The average molecular weight is 282 g/mol. The van der Waals surface area contributed by atoms with Crippen molar-refractivity contribution < 1.29 is 9.26 Å². The van der Waals surface area contributed by atoms with Crippen LogP contribution in [0, 0.1) is 6.92 Å². The average Bonchev–Trinajstić information content (AvgIpc) is 2.86. The maximum absolute atomic E-state index is 5.56. The van der Waals surface area contributed by atoms with Crippen LogP contribution in [0.4, 0.5) is 0 Å². The highest BCUT2D eigenvalue weighted by atomic mass is 16.5. The zero-order valence-corrected chi connectivity index (χ0v) is 13.0. The van der Waals surface area contributed by atoms with Crippen LogP contribution in [0.3, 0.4) is 0 Å².